The third-order valence-corrected chi connectivity index (χ3v) is 4.48. The molecule has 112 valence electrons. The number of hydrogen-bond acceptors (Lipinski definition) is 3. The van der Waals surface area contributed by atoms with Gasteiger partial charge in [-0.25, -0.2) is 26.7 Å². The maximum atomic E-state index is 13.9. The van der Waals surface area contributed by atoms with Crippen LogP contribution in [-0.4, -0.2) is 25.5 Å². The van der Waals surface area contributed by atoms with Gasteiger partial charge in [-0.05, 0) is 25.0 Å². The van der Waals surface area contributed by atoms with Gasteiger partial charge in [-0.2, -0.15) is 0 Å². The highest BCUT2D eigenvalue weighted by molar-refractivity contribution is 7.89. The summed E-state index contributed by atoms with van der Waals surface area (Å²) in [6.07, 6.45) is 0. The Morgan fingerprint density at radius 2 is 1.80 bits per heavy atom. The van der Waals surface area contributed by atoms with E-state index < -0.39 is 44.1 Å². The molecule has 2 N–H and O–H groups in total. The van der Waals surface area contributed by atoms with Gasteiger partial charge in [0.1, 0.15) is 16.3 Å². The normalized spacial score (nSPS) is 13.5. The van der Waals surface area contributed by atoms with Crippen molar-refractivity contribution in [1.29, 1.82) is 0 Å². The largest absolute Gasteiger partial charge is 0.477 e. The van der Waals surface area contributed by atoms with Crippen LogP contribution < -0.4 is 4.72 Å². The Bertz CT molecular complexity index is 629. The fourth-order valence-corrected chi connectivity index (χ4v) is 2.86. The zero-order valence-electron chi connectivity index (χ0n) is 11.1. The first-order chi connectivity index (χ1) is 9.08. The molecule has 1 atom stereocenters. The molecule has 1 unspecified atom stereocenters. The predicted molar refractivity (Wildman–Crippen MR) is 67.9 cm³/mol. The zero-order valence-corrected chi connectivity index (χ0v) is 12.0. The van der Waals surface area contributed by atoms with Gasteiger partial charge in [0.15, 0.2) is 5.82 Å². The second-order valence-corrected chi connectivity index (χ2v) is 6.38. The minimum absolute atomic E-state index is 0.0489. The van der Waals surface area contributed by atoms with Gasteiger partial charge < -0.3 is 5.11 Å². The molecule has 0 bridgehead atoms. The van der Waals surface area contributed by atoms with Crippen molar-refractivity contribution in [3.05, 3.63) is 29.3 Å². The number of halogens is 2. The lowest BCUT2D eigenvalue weighted by Gasteiger charge is -2.18. The van der Waals surface area contributed by atoms with Gasteiger partial charge in [0.25, 0.3) is 0 Å². The van der Waals surface area contributed by atoms with Crippen LogP contribution in [0.2, 0.25) is 0 Å². The third kappa shape index (κ3) is 3.31. The molecule has 0 fully saturated rings. The molecule has 0 aliphatic carbocycles. The lowest BCUT2D eigenvalue weighted by molar-refractivity contribution is 0.0685. The molecule has 0 aliphatic heterocycles. The van der Waals surface area contributed by atoms with Crippen LogP contribution in [-0.2, 0) is 10.0 Å². The quantitative estimate of drug-likeness (QED) is 0.871. The Labute approximate surface area is 115 Å². The van der Waals surface area contributed by atoms with E-state index in [-0.39, 0.29) is 5.92 Å². The summed E-state index contributed by atoms with van der Waals surface area (Å²) in [7, 11) is -4.26. The van der Waals surface area contributed by atoms with E-state index in [1.807, 2.05) is 0 Å². The van der Waals surface area contributed by atoms with Crippen molar-refractivity contribution in [2.75, 3.05) is 0 Å². The number of carboxylic acids is 1. The number of carbonyl (C=O) groups is 1. The molecule has 0 heterocycles. The van der Waals surface area contributed by atoms with Crippen molar-refractivity contribution in [3.63, 3.8) is 0 Å². The molecule has 1 rings (SSSR count). The summed E-state index contributed by atoms with van der Waals surface area (Å²) in [4.78, 5) is 9.87. The fraction of sp³-hybridized carbons (Fsp3) is 0.417. The summed E-state index contributed by atoms with van der Waals surface area (Å²) in [5.74, 6) is -4.85. The van der Waals surface area contributed by atoms with E-state index in [1.54, 1.807) is 20.8 Å². The molecule has 0 spiro atoms. The molecule has 0 amide bonds. The summed E-state index contributed by atoms with van der Waals surface area (Å²) in [6, 6.07) is 0.825. The zero-order chi connectivity index (χ0) is 15.7. The average Bonchev–Trinajstić information content (AvgIpc) is 2.26. The SMILES string of the molecule is CC(C)C(C)NS(=O)(=O)c1ccc(F)c(C(=O)O)c1F. The van der Waals surface area contributed by atoms with Crippen molar-refractivity contribution < 1.29 is 27.1 Å². The second-order valence-electron chi connectivity index (χ2n) is 4.69. The van der Waals surface area contributed by atoms with Crippen molar-refractivity contribution in [2.24, 2.45) is 5.92 Å². The van der Waals surface area contributed by atoms with Crippen LogP contribution in [0.5, 0.6) is 0 Å². The van der Waals surface area contributed by atoms with Gasteiger partial charge >= 0.3 is 5.97 Å². The maximum absolute atomic E-state index is 13.9. The van der Waals surface area contributed by atoms with Gasteiger partial charge in [0, 0.05) is 6.04 Å². The number of sulfonamides is 1. The number of benzene rings is 1. The van der Waals surface area contributed by atoms with Crippen LogP contribution in [0.4, 0.5) is 8.78 Å². The number of hydrogen-bond donors (Lipinski definition) is 2. The maximum Gasteiger partial charge on any atom is 0.341 e. The van der Waals surface area contributed by atoms with Gasteiger partial charge in [0.2, 0.25) is 10.0 Å². The standard InChI is InChI=1S/C12H15F2NO4S/c1-6(2)7(3)15-20(18,19)9-5-4-8(13)10(11(9)14)12(16)17/h4-7,15H,1-3H3,(H,16,17). The number of rotatable bonds is 5. The van der Waals surface area contributed by atoms with Crippen LogP contribution in [0.3, 0.4) is 0 Å². The summed E-state index contributed by atoms with van der Waals surface area (Å²) in [5, 5.41) is 8.71. The van der Waals surface area contributed by atoms with Crippen LogP contribution in [0.25, 0.3) is 0 Å². The first kappa shape index (κ1) is 16.5. The predicted octanol–water partition coefficient (Wildman–Crippen LogP) is 1.99. The van der Waals surface area contributed by atoms with Crippen LogP contribution in [0.15, 0.2) is 17.0 Å². The van der Waals surface area contributed by atoms with Gasteiger partial charge in [-0.3, -0.25) is 0 Å². The van der Waals surface area contributed by atoms with E-state index in [4.69, 9.17) is 5.11 Å². The molecule has 5 nitrogen and oxygen atoms in total. The molecule has 0 aliphatic rings. The number of aromatic carboxylic acids is 1. The highest BCUT2D eigenvalue weighted by atomic mass is 32.2. The lowest BCUT2D eigenvalue weighted by atomic mass is 10.1. The van der Waals surface area contributed by atoms with Gasteiger partial charge in [-0.15, -0.1) is 0 Å². The molecule has 0 radical (unpaired) electrons. The first-order valence-electron chi connectivity index (χ1n) is 5.81. The molecule has 0 saturated heterocycles. The monoisotopic (exact) mass is 307 g/mol. The molecule has 0 aromatic heterocycles. The summed E-state index contributed by atoms with van der Waals surface area (Å²) < 4.78 is 53.3. The Balaban J connectivity index is 3.34. The van der Waals surface area contributed by atoms with Gasteiger partial charge in [0.05, 0.1) is 0 Å². The molecule has 1 aromatic carbocycles. The van der Waals surface area contributed by atoms with Crippen LogP contribution in [0, 0.1) is 17.6 Å². The molecule has 20 heavy (non-hydrogen) atoms. The van der Waals surface area contributed by atoms with Crippen LogP contribution in [0.1, 0.15) is 31.1 Å². The molecule has 0 saturated carbocycles. The Hall–Kier alpha value is -1.54. The van der Waals surface area contributed by atoms with E-state index in [1.165, 1.54) is 0 Å². The Morgan fingerprint density at radius 1 is 1.25 bits per heavy atom. The van der Waals surface area contributed by atoms with Crippen molar-refractivity contribution in [3.8, 4) is 0 Å². The highest BCUT2D eigenvalue weighted by Crippen LogP contribution is 2.21. The Morgan fingerprint density at radius 3 is 2.25 bits per heavy atom. The summed E-state index contributed by atoms with van der Waals surface area (Å²) in [6.45, 7) is 5.11. The van der Waals surface area contributed by atoms with E-state index >= 15 is 0 Å². The first-order valence-corrected chi connectivity index (χ1v) is 7.30. The van der Waals surface area contributed by atoms with Crippen molar-refractivity contribution in [2.45, 2.75) is 31.7 Å². The van der Waals surface area contributed by atoms with E-state index in [0.717, 1.165) is 0 Å². The fourth-order valence-electron chi connectivity index (χ4n) is 1.38. The number of nitrogens with one attached hydrogen (secondary N) is 1. The van der Waals surface area contributed by atoms with E-state index in [9.17, 15) is 22.0 Å². The van der Waals surface area contributed by atoms with E-state index in [2.05, 4.69) is 4.72 Å². The number of carboxylic acid groups (broad SMARTS) is 1. The average molecular weight is 307 g/mol. The minimum Gasteiger partial charge on any atom is -0.477 e. The van der Waals surface area contributed by atoms with Crippen LogP contribution >= 0.6 is 0 Å². The molecular formula is C12H15F2NO4S. The molecule has 8 heteroatoms. The van der Waals surface area contributed by atoms with Crippen molar-refractivity contribution in [1.82, 2.24) is 4.72 Å². The molecule has 1 aromatic rings. The topological polar surface area (TPSA) is 83.5 Å². The van der Waals surface area contributed by atoms with Gasteiger partial charge in [-0.1, -0.05) is 13.8 Å². The summed E-state index contributed by atoms with van der Waals surface area (Å²) >= 11 is 0. The van der Waals surface area contributed by atoms with Crippen molar-refractivity contribution >= 4 is 16.0 Å². The third-order valence-electron chi connectivity index (χ3n) is 2.90. The summed E-state index contributed by atoms with van der Waals surface area (Å²) in [5.41, 5.74) is -1.29. The Kier molecular flexibility index (Phi) is 4.82. The minimum atomic E-state index is -4.26. The molecular weight excluding hydrogens is 292 g/mol. The second kappa shape index (κ2) is 5.84. The highest BCUT2D eigenvalue weighted by Gasteiger charge is 2.28. The van der Waals surface area contributed by atoms with E-state index in [0.29, 0.717) is 12.1 Å². The smallest absolute Gasteiger partial charge is 0.341 e. The lowest BCUT2D eigenvalue weighted by Crippen LogP contribution is -2.36.